The monoisotopic (exact) mass is 316 g/mol. The number of allylic oxidation sites excluding steroid dienone is 1. The van der Waals surface area contributed by atoms with Crippen LogP contribution in [-0.2, 0) is 4.79 Å². The Kier molecular flexibility index (Phi) is 3.68. The van der Waals surface area contributed by atoms with Gasteiger partial charge < -0.3 is 15.4 Å². The molecule has 1 aliphatic carbocycles. The Bertz CT molecular complexity index is 679. The minimum atomic E-state index is -0.247. The van der Waals surface area contributed by atoms with Crippen LogP contribution in [0.25, 0.3) is 0 Å². The van der Waals surface area contributed by atoms with Gasteiger partial charge in [-0.2, -0.15) is 0 Å². The minimum Gasteiger partial charge on any atom is -0.496 e. The summed E-state index contributed by atoms with van der Waals surface area (Å²) in [6.07, 6.45) is 1.37. The molecule has 0 fully saturated rings. The van der Waals surface area contributed by atoms with Gasteiger partial charge in [0.15, 0.2) is 10.9 Å². The number of hydrogen-bond donors (Lipinski definition) is 2. The molecule has 0 amide bonds. The highest BCUT2D eigenvalue weighted by molar-refractivity contribution is 7.80. The van der Waals surface area contributed by atoms with Crippen LogP contribution in [0.15, 0.2) is 35.5 Å². The largest absolute Gasteiger partial charge is 0.496 e. The van der Waals surface area contributed by atoms with Gasteiger partial charge in [0.25, 0.3) is 0 Å². The molecule has 1 aromatic carbocycles. The molecule has 0 saturated heterocycles. The quantitative estimate of drug-likeness (QED) is 0.822. The van der Waals surface area contributed by atoms with E-state index >= 15 is 0 Å². The van der Waals surface area contributed by atoms with E-state index in [1.54, 1.807) is 7.11 Å². The first kappa shape index (κ1) is 15.0. The molecule has 1 atom stereocenters. The van der Waals surface area contributed by atoms with Gasteiger partial charge in [-0.3, -0.25) is 4.79 Å². The van der Waals surface area contributed by atoms with Crippen molar-refractivity contribution >= 4 is 23.1 Å². The molecular weight excluding hydrogens is 296 g/mol. The summed E-state index contributed by atoms with van der Waals surface area (Å²) in [5, 5.41) is 6.96. The Morgan fingerprint density at radius 1 is 1.27 bits per heavy atom. The van der Waals surface area contributed by atoms with Gasteiger partial charge in [0, 0.05) is 23.3 Å². The average molecular weight is 316 g/mol. The Balaban J connectivity index is 2.11. The minimum absolute atomic E-state index is 0.0405. The molecule has 1 aliphatic heterocycles. The van der Waals surface area contributed by atoms with Crippen LogP contribution in [0.4, 0.5) is 0 Å². The summed E-state index contributed by atoms with van der Waals surface area (Å²) in [7, 11) is 1.64. The van der Waals surface area contributed by atoms with Gasteiger partial charge in [0.05, 0.1) is 13.2 Å². The molecule has 0 bridgehead atoms. The van der Waals surface area contributed by atoms with Crippen LogP contribution in [0.3, 0.4) is 0 Å². The number of ether oxygens (including phenoxy) is 1. The maximum atomic E-state index is 12.7. The highest BCUT2D eigenvalue weighted by Crippen LogP contribution is 2.42. The van der Waals surface area contributed by atoms with Crippen LogP contribution < -0.4 is 15.4 Å². The van der Waals surface area contributed by atoms with E-state index in [2.05, 4.69) is 24.5 Å². The summed E-state index contributed by atoms with van der Waals surface area (Å²) in [6, 6.07) is 7.50. The second kappa shape index (κ2) is 5.39. The van der Waals surface area contributed by atoms with Crippen molar-refractivity contribution in [1.29, 1.82) is 0 Å². The lowest BCUT2D eigenvalue weighted by Crippen LogP contribution is -2.48. The van der Waals surface area contributed by atoms with E-state index in [1.807, 2.05) is 24.3 Å². The van der Waals surface area contributed by atoms with E-state index in [1.165, 1.54) is 0 Å². The van der Waals surface area contributed by atoms with Crippen molar-refractivity contribution < 1.29 is 9.53 Å². The first-order valence-electron chi connectivity index (χ1n) is 7.38. The Morgan fingerprint density at radius 3 is 2.73 bits per heavy atom. The van der Waals surface area contributed by atoms with E-state index in [-0.39, 0.29) is 17.2 Å². The van der Waals surface area contributed by atoms with E-state index in [9.17, 15) is 4.79 Å². The third-order valence-electron chi connectivity index (χ3n) is 4.20. The number of carbonyl (C=O) groups is 1. The third-order valence-corrected chi connectivity index (χ3v) is 4.42. The van der Waals surface area contributed by atoms with Gasteiger partial charge in [-0.05, 0) is 30.1 Å². The van der Waals surface area contributed by atoms with Gasteiger partial charge >= 0.3 is 0 Å². The number of benzene rings is 1. The molecule has 5 heteroatoms. The summed E-state index contributed by atoms with van der Waals surface area (Å²) in [5.41, 5.74) is 2.63. The molecule has 1 aromatic rings. The molecule has 0 spiro atoms. The van der Waals surface area contributed by atoms with Crippen molar-refractivity contribution in [3.63, 3.8) is 0 Å². The molecule has 1 heterocycles. The first-order chi connectivity index (χ1) is 10.4. The maximum absolute atomic E-state index is 12.7. The Labute approximate surface area is 135 Å². The second-order valence-corrected chi connectivity index (χ2v) is 7.01. The molecule has 2 N–H and O–H groups in total. The highest BCUT2D eigenvalue weighted by Gasteiger charge is 2.40. The molecule has 4 nitrogen and oxygen atoms in total. The second-order valence-electron chi connectivity index (χ2n) is 6.61. The molecule has 22 heavy (non-hydrogen) atoms. The highest BCUT2D eigenvalue weighted by atomic mass is 32.1. The van der Waals surface area contributed by atoms with Gasteiger partial charge in [-0.25, -0.2) is 0 Å². The van der Waals surface area contributed by atoms with Crippen LogP contribution in [-0.4, -0.2) is 18.0 Å². The number of methoxy groups -OCH3 is 1. The Hall–Kier alpha value is -1.88. The van der Waals surface area contributed by atoms with E-state index in [0.29, 0.717) is 11.5 Å². The number of rotatable bonds is 2. The van der Waals surface area contributed by atoms with Crippen LogP contribution in [0.2, 0.25) is 0 Å². The van der Waals surface area contributed by atoms with Crippen LogP contribution in [0.1, 0.15) is 38.3 Å². The zero-order chi connectivity index (χ0) is 15.9. The number of nitrogens with one attached hydrogen (secondary N) is 2. The number of carbonyl (C=O) groups excluding carboxylic acids is 1. The Morgan fingerprint density at radius 2 is 2.00 bits per heavy atom. The molecular formula is C17H20N2O2S. The number of thiocarbonyl (C=S) groups is 1. The number of Topliss-reactive ketones (excluding diaryl/α,β-unsaturated/α-hetero) is 1. The fraction of sp³-hybridized carbons (Fsp3) is 0.412. The van der Waals surface area contributed by atoms with Crippen molar-refractivity contribution in [2.75, 3.05) is 7.11 Å². The van der Waals surface area contributed by atoms with Crippen molar-refractivity contribution in [1.82, 2.24) is 10.6 Å². The summed E-state index contributed by atoms with van der Waals surface area (Å²) in [4.78, 5) is 12.7. The lowest BCUT2D eigenvalue weighted by atomic mass is 9.73. The van der Waals surface area contributed by atoms with Crippen molar-refractivity contribution in [3.8, 4) is 5.75 Å². The predicted molar refractivity (Wildman–Crippen MR) is 89.7 cm³/mol. The first-order valence-corrected chi connectivity index (χ1v) is 7.79. The maximum Gasteiger partial charge on any atom is 0.171 e. The zero-order valence-corrected chi connectivity index (χ0v) is 13.8. The lowest BCUT2D eigenvalue weighted by Gasteiger charge is -2.39. The fourth-order valence-electron chi connectivity index (χ4n) is 3.30. The van der Waals surface area contributed by atoms with Crippen molar-refractivity contribution in [3.05, 3.63) is 41.1 Å². The molecule has 116 valence electrons. The summed E-state index contributed by atoms with van der Waals surface area (Å²) >= 11 is 5.34. The third kappa shape index (κ3) is 2.61. The predicted octanol–water partition coefficient (Wildman–Crippen LogP) is 2.86. The number of hydrogen-bond acceptors (Lipinski definition) is 3. The van der Waals surface area contributed by atoms with Gasteiger partial charge in [0.2, 0.25) is 0 Å². The molecule has 0 radical (unpaired) electrons. The lowest BCUT2D eigenvalue weighted by molar-refractivity contribution is -0.118. The summed E-state index contributed by atoms with van der Waals surface area (Å²) in [6.45, 7) is 4.22. The fourth-order valence-corrected chi connectivity index (χ4v) is 3.54. The number of para-hydroxylation sites is 1. The zero-order valence-electron chi connectivity index (χ0n) is 13.0. The van der Waals surface area contributed by atoms with Crippen molar-refractivity contribution in [2.24, 2.45) is 5.41 Å². The standard InChI is InChI=1S/C17H20N2O2S/c1-17(2)8-11-14(12(20)9-17)15(19-16(22)18-11)10-6-4-5-7-13(10)21-3/h4-7,15H,8-9H2,1-3H3,(H2,18,19,22)/t15-/m1/s1. The summed E-state index contributed by atoms with van der Waals surface area (Å²) < 4.78 is 5.45. The molecule has 0 aromatic heterocycles. The topological polar surface area (TPSA) is 50.4 Å². The number of ketones is 1. The normalized spacial score (nSPS) is 23.5. The van der Waals surface area contributed by atoms with E-state index in [0.717, 1.165) is 29.0 Å². The molecule has 0 unspecified atom stereocenters. The molecule has 3 rings (SSSR count). The van der Waals surface area contributed by atoms with Crippen LogP contribution >= 0.6 is 12.2 Å². The van der Waals surface area contributed by atoms with Gasteiger partial charge in [0.1, 0.15) is 5.75 Å². The van der Waals surface area contributed by atoms with Crippen molar-refractivity contribution in [2.45, 2.75) is 32.7 Å². The van der Waals surface area contributed by atoms with E-state index in [4.69, 9.17) is 17.0 Å². The van der Waals surface area contributed by atoms with Crippen LogP contribution in [0.5, 0.6) is 5.75 Å². The summed E-state index contributed by atoms with van der Waals surface area (Å²) in [5.74, 6) is 0.929. The van der Waals surface area contributed by atoms with Gasteiger partial charge in [-0.1, -0.05) is 32.0 Å². The van der Waals surface area contributed by atoms with Gasteiger partial charge in [-0.15, -0.1) is 0 Å². The van der Waals surface area contributed by atoms with Crippen LogP contribution in [0, 0.1) is 5.41 Å². The molecule has 0 saturated carbocycles. The average Bonchev–Trinajstić information content (AvgIpc) is 2.44. The molecule has 2 aliphatic rings. The SMILES string of the molecule is COc1ccccc1[C@H]1NC(=S)NC2=C1C(=O)CC(C)(C)C2. The van der Waals surface area contributed by atoms with E-state index < -0.39 is 0 Å². The smallest absolute Gasteiger partial charge is 0.171 e.